The zero-order chi connectivity index (χ0) is 26.5. The van der Waals surface area contributed by atoms with Crippen LogP contribution in [-0.4, -0.2) is 52.6 Å². The highest BCUT2D eigenvalue weighted by Crippen LogP contribution is 2.59. The third-order valence-corrected chi connectivity index (χ3v) is 18.2. The van der Waals surface area contributed by atoms with E-state index < -0.39 is 33.8 Å². The van der Waals surface area contributed by atoms with Crippen molar-refractivity contribution in [1.82, 2.24) is 0 Å². The lowest BCUT2D eigenvalue weighted by molar-refractivity contribution is -0.164. The summed E-state index contributed by atoms with van der Waals surface area (Å²) in [6.45, 7) is 31.2. The Hall–Kier alpha value is -0.736. The van der Waals surface area contributed by atoms with Crippen LogP contribution in [0.3, 0.4) is 0 Å². The fourth-order valence-corrected chi connectivity index (χ4v) is 6.47. The van der Waals surface area contributed by atoms with Gasteiger partial charge in [-0.15, -0.1) is 0 Å². The predicted octanol–water partition coefficient (Wildman–Crippen LogP) is 6.61. The van der Waals surface area contributed by atoms with Gasteiger partial charge in [-0.3, -0.25) is 4.79 Å². The van der Waals surface area contributed by atoms with Gasteiger partial charge in [0.1, 0.15) is 11.7 Å². The van der Waals surface area contributed by atoms with Crippen molar-refractivity contribution >= 4 is 22.6 Å². The van der Waals surface area contributed by atoms with Gasteiger partial charge < -0.3 is 18.7 Å². The summed E-state index contributed by atoms with van der Waals surface area (Å²) in [6, 6.07) is 0. The van der Waals surface area contributed by atoms with Crippen LogP contribution in [0.1, 0.15) is 68.2 Å². The SMILES string of the molecule is C=C1CC[C@]2([C@H](O)C=C(CO[Si](C)(C)C(C)(C)C)CO[Si](C)(C)C(C)(C)C)OC(=O)[C@H]1C2(C)C. The van der Waals surface area contributed by atoms with E-state index in [1.54, 1.807) is 0 Å². The Morgan fingerprint density at radius 3 is 1.94 bits per heavy atom. The second kappa shape index (κ2) is 9.29. The van der Waals surface area contributed by atoms with Crippen molar-refractivity contribution in [1.29, 1.82) is 0 Å². The summed E-state index contributed by atoms with van der Waals surface area (Å²) >= 11 is 0. The van der Waals surface area contributed by atoms with Crippen molar-refractivity contribution in [3.8, 4) is 0 Å². The molecule has 1 heterocycles. The van der Waals surface area contributed by atoms with E-state index in [4.69, 9.17) is 13.6 Å². The van der Waals surface area contributed by atoms with Crippen molar-refractivity contribution in [2.45, 2.75) is 116 Å². The van der Waals surface area contributed by atoms with Crippen LogP contribution >= 0.6 is 0 Å². The first-order chi connectivity index (χ1) is 15.1. The topological polar surface area (TPSA) is 65.0 Å². The fourth-order valence-electron chi connectivity index (χ4n) is 4.51. The number of aliphatic hydroxyl groups excluding tert-OH is 1. The molecule has 0 aromatic heterocycles. The molecule has 0 amide bonds. The van der Waals surface area contributed by atoms with Gasteiger partial charge in [0, 0.05) is 5.41 Å². The molecule has 0 unspecified atom stereocenters. The molecule has 0 aromatic rings. The fraction of sp³-hybridized carbons (Fsp3) is 0.815. The maximum Gasteiger partial charge on any atom is 0.314 e. The molecule has 0 aromatic carbocycles. The normalized spacial score (nSPS) is 26.3. The van der Waals surface area contributed by atoms with Crippen LogP contribution < -0.4 is 0 Å². The Labute approximate surface area is 210 Å². The van der Waals surface area contributed by atoms with Gasteiger partial charge in [0.2, 0.25) is 0 Å². The van der Waals surface area contributed by atoms with Crippen LogP contribution in [0.25, 0.3) is 0 Å². The Kier molecular flexibility index (Phi) is 8.06. The molecule has 1 saturated carbocycles. The van der Waals surface area contributed by atoms with E-state index in [9.17, 15) is 9.90 Å². The Morgan fingerprint density at radius 2 is 1.53 bits per heavy atom. The first-order valence-corrected chi connectivity index (χ1v) is 18.5. The van der Waals surface area contributed by atoms with E-state index in [1.807, 2.05) is 19.9 Å². The molecule has 1 aliphatic heterocycles. The lowest BCUT2D eigenvalue weighted by Crippen LogP contribution is -2.55. The highest BCUT2D eigenvalue weighted by molar-refractivity contribution is 6.74. The molecule has 2 aliphatic rings. The van der Waals surface area contributed by atoms with Crippen LogP contribution in [0.2, 0.25) is 36.3 Å². The summed E-state index contributed by atoms with van der Waals surface area (Å²) < 4.78 is 19.0. The van der Waals surface area contributed by atoms with Gasteiger partial charge in [-0.2, -0.15) is 0 Å². The molecule has 196 valence electrons. The molecule has 1 saturated heterocycles. The average Bonchev–Trinajstić information content (AvgIpc) is 2.75. The molecule has 34 heavy (non-hydrogen) atoms. The molecule has 1 N–H and O–H groups in total. The molecule has 0 radical (unpaired) electrons. The molecule has 2 rings (SSSR count). The van der Waals surface area contributed by atoms with Gasteiger partial charge in [0.25, 0.3) is 0 Å². The Morgan fingerprint density at radius 1 is 1.09 bits per heavy atom. The Balaban J connectivity index is 2.38. The maximum absolute atomic E-state index is 12.8. The first kappa shape index (κ1) is 29.5. The zero-order valence-electron chi connectivity index (χ0n) is 23.8. The second-order valence-corrected chi connectivity index (χ2v) is 23.6. The molecular formula is C27H50O5Si2. The summed E-state index contributed by atoms with van der Waals surface area (Å²) in [6.07, 6.45) is 2.16. The van der Waals surface area contributed by atoms with Crippen LogP contribution in [-0.2, 0) is 18.4 Å². The quantitative estimate of drug-likeness (QED) is 0.226. The molecule has 5 nitrogen and oxygen atoms in total. The molecule has 2 bridgehead atoms. The van der Waals surface area contributed by atoms with Crippen molar-refractivity contribution < 1.29 is 23.5 Å². The number of carbonyl (C=O) groups excluding carboxylic acids is 1. The number of carbonyl (C=O) groups is 1. The summed E-state index contributed by atoms with van der Waals surface area (Å²) in [5.74, 6) is -0.642. The van der Waals surface area contributed by atoms with Gasteiger partial charge in [0.15, 0.2) is 16.6 Å². The molecule has 7 heteroatoms. The van der Waals surface area contributed by atoms with Gasteiger partial charge in [-0.25, -0.2) is 0 Å². The minimum atomic E-state index is -2.00. The number of hydrogen-bond donors (Lipinski definition) is 1. The zero-order valence-corrected chi connectivity index (χ0v) is 25.8. The number of rotatable bonds is 8. The summed E-state index contributed by atoms with van der Waals surface area (Å²) in [7, 11) is -4.00. The van der Waals surface area contributed by atoms with Crippen LogP contribution in [0.5, 0.6) is 0 Å². The predicted molar refractivity (Wildman–Crippen MR) is 145 cm³/mol. The van der Waals surface area contributed by atoms with Gasteiger partial charge in [-0.05, 0) is 60.8 Å². The highest BCUT2D eigenvalue weighted by atomic mass is 28.4. The third-order valence-electron chi connectivity index (χ3n) is 9.28. The standard InChI is InChI=1S/C27H50O5Si2/c1-19-14-15-27(26(8,9)22(19)23(29)32-27)21(28)16-20(17-30-33(10,11)24(2,3)4)18-31-34(12,13)25(5,6)7/h16,21-22,28H,1,14-15,17-18H2,2-13H3/t21-,22+,27-/m1/s1. The number of esters is 1. The summed E-state index contributed by atoms with van der Waals surface area (Å²) in [5.41, 5.74) is 0.314. The van der Waals surface area contributed by atoms with Crippen LogP contribution in [0.15, 0.2) is 23.8 Å². The monoisotopic (exact) mass is 510 g/mol. The smallest absolute Gasteiger partial charge is 0.314 e. The maximum atomic E-state index is 12.8. The lowest BCUT2D eigenvalue weighted by Gasteiger charge is -2.47. The average molecular weight is 511 g/mol. The number of fused-ring (bicyclic) bond motifs is 2. The van der Waals surface area contributed by atoms with Crippen molar-refractivity contribution in [2.24, 2.45) is 11.3 Å². The third kappa shape index (κ3) is 5.33. The summed E-state index contributed by atoms with van der Waals surface area (Å²) in [5, 5.41) is 11.7. The largest absolute Gasteiger partial charge is 0.455 e. The van der Waals surface area contributed by atoms with Gasteiger partial charge in [0.05, 0.1) is 19.1 Å². The second-order valence-electron chi connectivity index (χ2n) is 14.0. The van der Waals surface area contributed by atoms with Crippen LogP contribution in [0.4, 0.5) is 0 Å². The van der Waals surface area contributed by atoms with E-state index in [2.05, 4.69) is 74.3 Å². The van der Waals surface area contributed by atoms with Crippen molar-refractivity contribution in [3.63, 3.8) is 0 Å². The molecule has 2 fully saturated rings. The van der Waals surface area contributed by atoms with E-state index in [0.29, 0.717) is 26.1 Å². The van der Waals surface area contributed by atoms with E-state index in [0.717, 1.165) is 11.1 Å². The highest BCUT2D eigenvalue weighted by Gasteiger charge is 2.66. The molecule has 0 spiro atoms. The first-order valence-electron chi connectivity index (χ1n) is 12.7. The minimum absolute atomic E-state index is 0.0790. The number of aliphatic hydroxyl groups is 1. The lowest BCUT2D eigenvalue weighted by atomic mass is 9.58. The van der Waals surface area contributed by atoms with E-state index >= 15 is 0 Å². The van der Waals surface area contributed by atoms with Crippen molar-refractivity contribution in [2.75, 3.05) is 13.2 Å². The molecule has 1 aliphatic carbocycles. The minimum Gasteiger partial charge on any atom is -0.455 e. The van der Waals surface area contributed by atoms with Crippen molar-refractivity contribution in [3.05, 3.63) is 23.8 Å². The number of ether oxygens (including phenoxy) is 1. The van der Waals surface area contributed by atoms with E-state index in [-0.39, 0.29) is 22.0 Å². The van der Waals surface area contributed by atoms with Gasteiger partial charge in [-0.1, -0.05) is 67.5 Å². The van der Waals surface area contributed by atoms with Crippen LogP contribution in [0, 0.1) is 11.3 Å². The van der Waals surface area contributed by atoms with Gasteiger partial charge >= 0.3 is 5.97 Å². The number of hydrogen-bond acceptors (Lipinski definition) is 5. The summed E-state index contributed by atoms with van der Waals surface area (Å²) in [4.78, 5) is 12.8. The Bertz CT molecular complexity index is 797. The molecular weight excluding hydrogens is 460 g/mol. The van der Waals surface area contributed by atoms with E-state index in [1.165, 1.54) is 0 Å². The molecule has 3 atom stereocenters.